The lowest BCUT2D eigenvalue weighted by atomic mass is 10.2. The van der Waals surface area contributed by atoms with E-state index in [1.165, 1.54) is 5.56 Å². The zero-order chi connectivity index (χ0) is 11.9. The van der Waals surface area contributed by atoms with Gasteiger partial charge in [0.25, 0.3) is 0 Å². The summed E-state index contributed by atoms with van der Waals surface area (Å²) in [6.07, 6.45) is 1.66. The predicted octanol–water partition coefficient (Wildman–Crippen LogP) is 2.81. The molecule has 0 atom stereocenters. The van der Waals surface area contributed by atoms with Gasteiger partial charge in [0.1, 0.15) is 5.76 Å². The molecule has 3 heteroatoms. The van der Waals surface area contributed by atoms with Crippen molar-refractivity contribution in [1.82, 2.24) is 4.90 Å². The van der Waals surface area contributed by atoms with Gasteiger partial charge in [-0.3, -0.25) is 4.90 Å². The van der Waals surface area contributed by atoms with Crippen molar-refractivity contribution < 1.29 is 4.42 Å². The normalized spacial score (nSPS) is 10.4. The maximum Gasteiger partial charge on any atom is 0.117 e. The van der Waals surface area contributed by atoms with Gasteiger partial charge in [-0.25, -0.2) is 0 Å². The van der Waals surface area contributed by atoms with Crippen LogP contribution in [-0.2, 0) is 13.1 Å². The summed E-state index contributed by atoms with van der Waals surface area (Å²) in [5.74, 6) is 0.885. The first-order valence-electron chi connectivity index (χ1n) is 5.54. The van der Waals surface area contributed by atoms with Crippen molar-refractivity contribution in [2.45, 2.75) is 13.1 Å². The predicted molar refractivity (Wildman–Crippen MR) is 64.9 cm³/mol. The Labute approximate surface area is 101 Å². The minimum absolute atomic E-state index is 0.398. The molecule has 0 saturated carbocycles. The van der Waals surface area contributed by atoms with Crippen molar-refractivity contribution in [2.24, 2.45) is 0 Å². The highest BCUT2D eigenvalue weighted by Gasteiger charge is 2.07. The van der Waals surface area contributed by atoms with E-state index in [-0.39, 0.29) is 0 Å². The molecule has 86 valence electrons. The Morgan fingerprint density at radius 1 is 1.06 bits per heavy atom. The molecule has 0 unspecified atom stereocenters. The van der Waals surface area contributed by atoms with E-state index < -0.39 is 0 Å². The van der Waals surface area contributed by atoms with Crippen LogP contribution in [0.1, 0.15) is 11.3 Å². The van der Waals surface area contributed by atoms with Crippen LogP contribution in [0.5, 0.6) is 0 Å². The molecule has 0 aliphatic carbocycles. The molecule has 3 nitrogen and oxygen atoms in total. The molecule has 17 heavy (non-hydrogen) atoms. The standard InChI is InChI=1S/C14H14N2O/c15-8-9-16(12-14-7-4-10-17-14)11-13-5-2-1-3-6-13/h1-7,10H,9,11-12H2. The summed E-state index contributed by atoms with van der Waals surface area (Å²) in [4.78, 5) is 2.05. The molecule has 0 spiro atoms. The summed E-state index contributed by atoms with van der Waals surface area (Å²) < 4.78 is 5.30. The number of benzene rings is 1. The Hall–Kier alpha value is -2.05. The molecular formula is C14H14N2O. The van der Waals surface area contributed by atoms with E-state index in [1.54, 1.807) is 6.26 Å². The van der Waals surface area contributed by atoms with Gasteiger partial charge in [-0.05, 0) is 17.7 Å². The molecule has 2 aromatic rings. The molecule has 0 N–H and O–H groups in total. The number of hydrogen-bond donors (Lipinski definition) is 0. The maximum absolute atomic E-state index is 8.82. The van der Waals surface area contributed by atoms with Gasteiger partial charge in [0.2, 0.25) is 0 Å². The van der Waals surface area contributed by atoms with Crippen LogP contribution in [0.25, 0.3) is 0 Å². The Kier molecular flexibility index (Phi) is 3.95. The molecule has 1 aromatic carbocycles. The van der Waals surface area contributed by atoms with Crippen molar-refractivity contribution in [3.8, 4) is 6.07 Å². The van der Waals surface area contributed by atoms with Gasteiger partial charge < -0.3 is 4.42 Å². The quantitative estimate of drug-likeness (QED) is 0.736. The van der Waals surface area contributed by atoms with Gasteiger partial charge in [0, 0.05) is 6.54 Å². The van der Waals surface area contributed by atoms with Crippen molar-refractivity contribution in [3.05, 3.63) is 60.1 Å². The van der Waals surface area contributed by atoms with Crippen LogP contribution in [0.15, 0.2) is 53.1 Å². The third-order valence-electron chi connectivity index (χ3n) is 2.50. The van der Waals surface area contributed by atoms with E-state index in [0.29, 0.717) is 13.1 Å². The van der Waals surface area contributed by atoms with Crippen LogP contribution in [0, 0.1) is 11.3 Å². The molecule has 0 aliphatic heterocycles. The Bertz CT molecular complexity index is 471. The lowest BCUT2D eigenvalue weighted by molar-refractivity contribution is 0.263. The molecule has 1 aromatic heterocycles. The summed E-state index contributed by atoms with van der Waals surface area (Å²) in [6.45, 7) is 1.82. The third kappa shape index (κ3) is 3.47. The van der Waals surface area contributed by atoms with Crippen LogP contribution >= 0.6 is 0 Å². The highest BCUT2D eigenvalue weighted by molar-refractivity contribution is 5.14. The zero-order valence-corrected chi connectivity index (χ0v) is 9.54. The van der Waals surface area contributed by atoms with Gasteiger partial charge in [-0.1, -0.05) is 30.3 Å². The molecule has 1 heterocycles. The lowest BCUT2D eigenvalue weighted by Gasteiger charge is -2.17. The molecular weight excluding hydrogens is 212 g/mol. The smallest absolute Gasteiger partial charge is 0.117 e. The summed E-state index contributed by atoms with van der Waals surface area (Å²) in [5.41, 5.74) is 1.20. The van der Waals surface area contributed by atoms with Crippen molar-refractivity contribution in [1.29, 1.82) is 5.26 Å². The first-order chi connectivity index (χ1) is 8.38. The number of nitrogens with zero attached hydrogens (tertiary/aromatic N) is 2. The van der Waals surface area contributed by atoms with Crippen LogP contribution < -0.4 is 0 Å². The monoisotopic (exact) mass is 226 g/mol. The second-order valence-electron chi connectivity index (χ2n) is 3.87. The van der Waals surface area contributed by atoms with E-state index >= 15 is 0 Å². The largest absolute Gasteiger partial charge is 0.468 e. The summed E-state index contributed by atoms with van der Waals surface area (Å²) in [7, 11) is 0. The van der Waals surface area contributed by atoms with Crippen molar-refractivity contribution in [3.63, 3.8) is 0 Å². The fraction of sp³-hybridized carbons (Fsp3) is 0.214. The first-order valence-corrected chi connectivity index (χ1v) is 5.54. The average molecular weight is 226 g/mol. The molecule has 0 bridgehead atoms. The maximum atomic E-state index is 8.82. The number of nitriles is 1. The SMILES string of the molecule is N#CCN(Cc1ccccc1)Cc1ccco1. The molecule has 2 rings (SSSR count). The summed E-state index contributed by atoms with van der Waals surface area (Å²) in [5, 5.41) is 8.82. The van der Waals surface area contributed by atoms with Crippen molar-refractivity contribution in [2.75, 3.05) is 6.54 Å². The first kappa shape index (κ1) is 11.4. The molecule has 0 fully saturated rings. The van der Waals surface area contributed by atoms with E-state index in [1.807, 2.05) is 35.2 Å². The Morgan fingerprint density at radius 2 is 1.88 bits per heavy atom. The second kappa shape index (κ2) is 5.88. The fourth-order valence-electron chi connectivity index (χ4n) is 1.73. The molecule has 0 amide bonds. The lowest BCUT2D eigenvalue weighted by Crippen LogP contribution is -2.22. The van der Waals surface area contributed by atoms with Gasteiger partial charge in [0.15, 0.2) is 0 Å². The van der Waals surface area contributed by atoms with E-state index in [2.05, 4.69) is 18.2 Å². The van der Waals surface area contributed by atoms with Crippen LogP contribution in [0.2, 0.25) is 0 Å². The number of furan rings is 1. The Balaban J connectivity index is 2.00. The molecule has 0 saturated heterocycles. The van der Waals surface area contributed by atoms with Crippen LogP contribution in [-0.4, -0.2) is 11.4 Å². The Morgan fingerprint density at radius 3 is 2.53 bits per heavy atom. The summed E-state index contributed by atoms with van der Waals surface area (Å²) in [6, 6.07) is 16.1. The second-order valence-corrected chi connectivity index (χ2v) is 3.87. The van der Waals surface area contributed by atoms with Gasteiger partial charge in [0.05, 0.1) is 25.4 Å². The zero-order valence-electron chi connectivity index (χ0n) is 9.54. The average Bonchev–Trinajstić information content (AvgIpc) is 2.83. The van der Waals surface area contributed by atoms with E-state index in [9.17, 15) is 0 Å². The highest BCUT2D eigenvalue weighted by Crippen LogP contribution is 2.09. The van der Waals surface area contributed by atoms with Crippen LogP contribution in [0.4, 0.5) is 0 Å². The third-order valence-corrected chi connectivity index (χ3v) is 2.50. The van der Waals surface area contributed by atoms with E-state index in [4.69, 9.17) is 9.68 Å². The minimum Gasteiger partial charge on any atom is -0.468 e. The summed E-state index contributed by atoms with van der Waals surface area (Å²) >= 11 is 0. The van der Waals surface area contributed by atoms with Gasteiger partial charge in [-0.15, -0.1) is 0 Å². The fourth-order valence-corrected chi connectivity index (χ4v) is 1.73. The number of hydrogen-bond acceptors (Lipinski definition) is 3. The molecule has 0 radical (unpaired) electrons. The highest BCUT2D eigenvalue weighted by atomic mass is 16.3. The van der Waals surface area contributed by atoms with E-state index in [0.717, 1.165) is 12.3 Å². The molecule has 0 aliphatic rings. The van der Waals surface area contributed by atoms with Crippen molar-refractivity contribution >= 4 is 0 Å². The number of rotatable bonds is 5. The topological polar surface area (TPSA) is 40.2 Å². The van der Waals surface area contributed by atoms with Crippen LogP contribution in [0.3, 0.4) is 0 Å². The van der Waals surface area contributed by atoms with Gasteiger partial charge in [-0.2, -0.15) is 5.26 Å². The van der Waals surface area contributed by atoms with Gasteiger partial charge >= 0.3 is 0 Å². The minimum atomic E-state index is 0.398.